The summed E-state index contributed by atoms with van der Waals surface area (Å²) in [4.78, 5) is 16.9. The predicted octanol–water partition coefficient (Wildman–Crippen LogP) is 4.22. The van der Waals surface area contributed by atoms with E-state index < -0.39 is 9.84 Å². The van der Waals surface area contributed by atoms with E-state index in [2.05, 4.69) is 28.5 Å². The Hall–Kier alpha value is -2.51. The van der Waals surface area contributed by atoms with Gasteiger partial charge in [0.2, 0.25) is 0 Å². The van der Waals surface area contributed by atoms with Gasteiger partial charge in [-0.25, -0.2) is 13.4 Å². The number of sulfone groups is 1. The summed E-state index contributed by atoms with van der Waals surface area (Å²) in [6.07, 6.45) is 1.18. The number of thiazole rings is 1. The molecule has 0 aliphatic rings. The van der Waals surface area contributed by atoms with Gasteiger partial charge >= 0.3 is 0 Å². The number of hydrogen-bond donors (Lipinski definition) is 1. The van der Waals surface area contributed by atoms with Crippen LogP contribution >= 0.6 is 11.3 Å². The lowest BCUT2D eigenvalue weighted by molar-refractivity contribution is 0.102. The van der Waals surface area contributed by atoms with Crippen LogP contribution in [0, 0.1) is 13.8 Å². The van der Waals surface area contributed by atoms with Crippen molar-refractivity contribution in [1.82, 2.24) is 4.98 Å². The number of benzene rings is 2. The Morgan fingerprint density at radius 3 is 2.48 bits per heavy atom. The maximum absolute atomic E-state index is 12.4. The minimum atomic E-state index is -3.10. The summed E-state index contributed by atoms with van der Waals surface area (Å²) in [5.74, 6) is -0.316. The first-order valence-electron chi connectivity index (χ1n) is 8.32. The van der Waals surface area contributed by atoms with Crippen LogP contribution in [-0.4, -0.2) is 25.6 Å². The molecule has 0 atom stereocenters. The maximum atomic E-state index is 12.4. The summed E-state index contributed by atoms with van der Waals surface area (Å²) < 4.78 is 22.7. The lowest BCUT2D eigenvalue weighted by atomic mass is 10.0. The van der Waals surface area contributed by atoms with Gasteiger partial charge in [0.1, 0.15) is 0 Å². The molecule has 7 heteroatoms. The number of amides is 1. The first-order valence-corrected chi connectivity index (χ1v) is 11.3. The summed E-state index contributed by atoms with van der Waals surface area (Å²) in [5, 5.41) is 5.25. The third kappa shape index (κ3) is 5.02. The van der Waals surface area contributed by atoms with Gasteiger partial charge in [0.15, 0.2) is 15.0 Å². The zero-order chi connectivity index (χ0) is 19.6. The number of nitrogens with one attached hydrogen (secondary N) is 1. The number of aryl methyl sites for hydroxylation is 2. The number of rotatable bonds is 5. The number of carbonyl (C=O) groups is 1. The van der Waals surface area contributed by atoms with Crippen LogP contribution in [-0.2, 0) is 15.6 Å². The van der Waals surface area contributed by atoms with Crippen molar-refractivity contribution in [3.05, 3.63) is 70.1 Å². The van der Waals surface area contributed by atoms with E-state index in [1.54, 1.807) is 24.3 Å². The van der Waals surface area contributed by atoms with Crippen LogP contribution in [0.4, 0.5) is 5.13 Å². The second kappa shape index (κ2) is 7.62. The quantitative estimate of drug-likeness (QED) is 0.696. The maximum Gasteiger partial charge on any atom is 0.257 e. The fraction of sp³-hybridized carbons (Fsp3) is 0.200. The van der Waals surface area contributed by atoms with Crippen molar-refractivity contribution < 1.29 is 13.2 Å². The van der Waals surface area contributed by atoms with Crippen molar-refractivity contribution in [2.24, 2.45) is 0 Å². The molecule has 1 N–H and O–H groups in total. The monoisotopic (exact) mass is 400 g/mol. The van der Waals surface area contributed by atoms with E-state index in [4.69, 9.17) is 0 Å². The van der Waals surface area contributed by atoms with Crippen LogP contribution in [0.1, 0.15) is 27.0 Å². The average Bonchev–Trinajstić information content (AvgIpc) is 3.04. The Labute approximate surface area is 163 Å². The molecule has 140 valence electrons. The molecular weight excluding hydrogens is 380 g/mol. The molecular formula is C20H20N2O3S2. The molecule has 1 amide bonds. The number of aromatic nitrogens is 1. The van der Waals surface area contributed by atoms with Crippen LogP contribution in [0.25, 0.3) is 11.3 Å². The van der Waals surface area contributed by atoms with Crippen molar-refractivity contribution in [2.45, 2.75) is 19.6 Å². The SMILES string of the molecule is Cc1ccc(C)c(-c2csc(NC(=O)c3ccc(CS(C)(=O)=O)cc3)n2)c1. The van der Waals surface area contributed by atoms with Gasteiger partial charge in [-0.05, 0) is 43.2 Å². The largest absolute Gasteiger partial charge is 0.298 e. The lowest BCUT2D eigenvalue weighted by Gasteiger charge is -2.05. The van der Waals surface area contributed by atoms with Crippen molar-refractivity contribution in [3.63, 3.8) is 0 Å². The summed E-state index contributed by atoms with van der Waals surface area (Å²) in [6, 6.07) is 12.7. The van der Waals surface area contributed by atoms with E-state index in [9.17, 15) is 13.2 Å². The van der Waals surface area contributed by atoms with Gasteiger partial charge in [-0.3, -0.25) is 10.1 Å². The molecule has 0 saturated heterocycles. The van der Waals surface area contributed by atoms with E-state index >= 15 is 0 Å². The van der Waals surface area contributed by atoms with Crippen molar-refractivity contribution >= 4 is 32.2 Å². The molecule has 0 saturated carbocycles. The highest BCUT2D eigenvalue weighted by molar-refractivity contribution is 7.89. The summed E-state index contributed by atoms with van der Waals surface area (Å²) >= 11 is 1.37. The Morgan fingerprint density at radius 2 is 1.81 bits per heavy atom. The number of anilines is 1. The molecule has 0 fully saturated rings. The van der Waals surface area contributed by atoms with Crippen LogP contribution in [0.3, 0.4) is 0 Å². The van der Waals surface area contributed by atoms with Crippen molar-refractivity contribution in [2.75, 3.05) is 11.6 Å². The standard InChI is InChI=1S/C20H20N2O3S2/c1-13-4-5-14(2)17(10-13)18-11-26-20(21-18)22-19(23)16-8-6-15(7-9-16)12-27(3,24)25/h4-11H,12H2,1-3H3,(H,21,22,23). The third-order valence-electron chi connectivity index (χ3n) is 4.04. The molecule has 3 rings (SSSR count). The fourth-order valence-corrected chi connectivity index (χ4v) is 4.19. The number of nitrogens with zero attached hydrogens (tertiary/aromatic N) is 1. The van der Waals surface area contributed by atoms with E-state index in [0.717, 1.165) is 22.4 Å². The molecule has 3 aromatic rings. The van der Waals surface area contributed by atoms with Crippen LogP contribution in [0.2, 0.25) is 0 Å². The Morgan fingerprint density at radius 1 is 1.11 bits per heavy atom. The molecule has 2 aromatic carbocycles. The number of carbonyl (C=O) groups excluding carboxylic acids is 1. The molecule has 0 spiro atoms. The van der Waals surface area contributed by atoms with Gasteiger partial charge in [-0.1, -0.05) is 29.8 Å². The zero-order valence-corrected chi connectivity index (χ0v) is 16.9. The predicted molar refractivity (Wildman–Crippen MR) is 110 cm³/mol. The zero-order valence-electron chi connectivity index (χ0n) is 15.3. The van der Waals surface area contributed by atoms with Gasteiger partial charge in [-0.15, -0.1) is 11.3 Å². The highest BCUT2D eigenvalue weighted by Gasteiger charge is 2.12. The first kappa shape index (κ1) is 19.3. The van der Waals surface area contributed by atoms with E-state index in [-0.39, 0.29) is 11.7 Å². The third-order valence-corrected chi connectivity index (χ3v) is 5.65. The van der Waals surface area contributed by atoms with Crippen LogP contribution < -0.4 is 5.32 Å². The van der Waals surface area contributed by atoms with E-state index in [1.165, 1.54) is 17.6 Å². The first-order chi connectivity index (χ1) is 12.7. The van der Waals surface area contributed by atoms with Gasteiger partial charge in [0.25, 0.3) is 5.91 Å². The minimum absolute atomic E-state index is 0.0411. The fourth-order valence-electron chi connectivity index (χ4n) is 2.69. The molecule has 1 aromatic heterocycles. The Kier molecular flexibility index (Phi) is 5.43. The van der Waals surface area contributed by atoms with Gasteiger partial charge < -0.3 is 0 Å². The van der Waals surface area contributed by atoms with Gasteiger partial charge in [0.05, 0.1) is 11.4 Å². The van der Waals surface area contributed by atoms with Crippen LogP contribution in [0.5, 0.6) is 0 Å². The number of hydrogen-bond acceptors (Lipinski definition) is 5. The molecule has 0 bridgehead atoms. The second-order valence-electron chi connectivity index (χ2n) is 6.58. The average molecular weight is 401 g/mol. The molecule has 0 aliphatic heterocycles. The smallest absolute Gasteiger partial charge is 0.257 e. The van der Waals surface area contributed by atoms with E-state index in [0.29, 0.717) is 16.3 Å². The van der Waals surface area contributed by atoms with Gasteiger partial charge in [-0.2, -0.15) is 0 Å². The van der Waals surface area contributed by atoms with E-state index in [1.807, 2.05) is 19.2 Å². The highest BCUT2D eigenvalue weighted by atomic mass is 32.2. The minimum Gasteiger partial charge on any atom is -0.298 e. The molecule has 0 unspecified atom stereocenters. The summed E-state index contributed by atoms with van der Waals surface area (Å²) in [6.45, 7) is 4.07. The lowest BCUT2D eigenvalue weighted by Crippen LogP contribution is -2.12. The second-order valence-corrected chi connectivity index (χ2v) is 9.58. The summed E-state index contributed by atoms with van der Waals surface area (Å²) in [7, 11) is -3.10. The van der Waals surface area contributed by atoms with Crippen molar-refractivity contribution in [3.8, 4) is 11.3 Å². The summed E-state index contributed by atoms with van der Waals surface area (Å²) in [5.41, 5.74) is 5.28. The van der Waals surface area contributed by atoms with Crippen molar-refractivity contribution in [1.29, 1.82) is 0 Å². The Bertz CT molecular complexity index is 1080. The van der Waals surface area contributed by atoms with Gasteiger partial charge in [0, 0.05) is 22.8 Å². The van der Waals surface area contributed by atoms with Crippen LogP contribution in [0.15, 0.2) is 47.8 Å². The topological polar surface area (TPSA) is 76.1 Å². The molecule has 0 radical (unpaired) electrons. The molecule has 5 nitrogen and oxygen atoms in total. The molecule has 27 heavy (non-hydrogen) atoms. The molecule has 1 heterocycles. The normalized spacial score (nSPS) is 11.4. The Balaban J connectivity index is 1.73. The highest BCUT2D eigenvalue weighted by Crippen LogP contribution is 2.28. The molecule has 0 aliphatic carbocycles.